The van der Waals surface area contributed by atoms with Crippen LogP contribution in [0.4, 0.5) is 0 Å². The molecule has 0 aromatic heterocycles. The van der Waals surface area contributed by atoms with Crippen LogP contribution in [0.25, 0.3) is 0 Å². The molecule has 1 aliphatic heterocycles. The summed E-state index contributed by atoms with van der Waals surface area (Å²) in [6, 6.07) is 0.806. The van der Waals surface area contributed by atoms with Crippen molar-refractivity contribution in [3.63, 3.8) is 0 Å². The molecule has 1 fully saturated rings. The van der Waals surface area contributed by atoms with E-state index in [1.165, 1.54) is 64.8 Å². The van der Waals surface area contributed by atoms with E-state index < -0.39 is 0 Å². The van der Waals surface area contributed by atoms with Crippen molar-refractivity contribution in [2.45, 2.75) is 52.0 Å². The van der Waals surface area contributed by atoms with Gasteiger partial charge in [-0.25, -0.2) is 0 Å². The minimum Gasteiger partial charge on any atom is -0.315 e. The first-order valence-electron chi connectivity index (χ1n) is 7.91. The van der Waals surface area contributed by atoms with Gasteiger partial charge in [0.1, 0.15) is 0 Å². The molecule has 0 amide bonds. The molecule has 1 unspecified atom stereocenters. The largest absolute Gasteiger partial charge is 0.315 e. The van der Waals surface area contributed by atoms with Gasteiger partial charge < -0.3 is 10.2 Å². The summed E-state index contributed by atoms with van der Waals surface area (Å²) in [4.78, 5) is 5.12. The highest BCUT2D eigenvalue weighted by Gasteiger charge is 2.23. The highest BCUT2D eigenvalue weighted by molar-refractivity contribution is 4.80. The number of likely N-dealkylation sites (tertiary alicyclic amines) is 1. The second kappa shape index (κ2) is 9.76. The second-order valence-electron chi connectivity index (χ2n) is 5.64. The van der Waals surface area contributed by atoms with Crippen LogP contribution in [0, 0.1) is 0 Å². The van der Waals surface area contributed by atoms with Crippen LogP contribution in [0.1, 0.15) is 46.0 Å². The van der Waals surface area contributed by atoms with Crippen LogP contribution < -0.4 is 5.32 Å². The van der Waals surface area contributed by atoms with Crippen molar-refractivity contribution in [3.05, 3.63) is 0 Å². The molecule has 0 radical (unpaired) electrons. The van der Waals surface area contributed by atoms with E-state index in [-0.39, 0.29) is 0 Å². The van der Waals surface area contributed by atoms with E-state index in [4.69, 9.17) is 0 Å². The van der Waals surface area contributed by atoms with Gasteiger partial charge in [0.05, 0.1) is 0 Å². The van der Waals surface area contributed by atoms with Gasteiger partial charge in [-0.15, -0.1) is 0 Å². The van der Waals surface area contributed by atoms with Gasteiger partial charge in [-0.2, -0.15) is 0 Å². The minimum atomic E-state index is 0.806. The molecule has 0 saturated carbocycles. The third-order valence-corrected chi connectivity index (χ3v) is 4.06. The quantitative estimate of drug-likeness (QED) is 0.604. The van der Waals surface area contributed by atoms with Crippen LogP contribution in [0.5, 0.6) is 0 Å². The number of hydrogen-bond donors (Lipinski definition) is 1. The maximum atomic E-state index is 3.55. The molecular formula is C15H33N3. The number of hydrogen-bond acceptors (Lipinski definition) is 3. The van der Waals surface area contributed by atoms with Crippen LogP contribution in [0.2, 0.25) is 0 Å². The average molecular weight is 255 g/mol. The number of unbranched alkanes of at least 4 members (excludes halogenated alkanes) is 2. The van der Waals surface area contributed by atoms with Gasteiger partial charge >= 0.3 is 0 Å². The summed E-state index contributed by atoms with van der Waals surface area (Å²) in [5, 5.41) is 3.55. The lowest BCUT2D eigenvalue weighted by Gasteiger charge is -2.27. The average Bonchev–Trinajstić information content (AvgIpc) is 2.80. The van der Waals surface area contributed by atoms with Crippen molar-refractivity contribution in [2.75, 3.05) is 46.3 Å². The number of nitrogens with one attached hydrogen (secondary N) is 1. The summed E-state index contributed by atoms with van der Waals surface area (Å²) in [6.07, 6.45) is 6.78. The Balaban J connectivity index is 2.01. The predicted octanol–water partition coefficient (Wildman–Crippen LogP) is 2.18. The van der Waals surface area contributed by atoms with E-state index >= 15 is 0 Å². The van der Waals surface area contributed by atoms with Gasteiger partial charge in [-0.3, -0.25) is 4.90 Å². The van der Waals surface area contributed by atoms with E-state index in [0.717, 1.165) is 12.6 Å². The molecule has 1 rings (SSSR count). The van der Waals surface area contributed by atoms with Crippen molar-refractivity contribution < 1.29 is 0 Å². The highest BCUT2D eigenvalue weighted by atomic mass is 15.2. The standard InChI is InChI=1S/C15H33N3/c1-4-6-7-10-16-11-13-17(3)14-15-9-8-12-18(15)5-2/h15-16H,4-14H2,1-3H3. The molecule has 1 saturated heterocycles. The lowest BCUT2D eigenvalue weighted by atomic mass is 10.2. The Bertz CT molecular complexity index is 196. The SMILES string of the molecule is CCCCCNCCN(C)CC1CCCN1CC. The first kappa shape index (κ1) is 15.9. The fourth-order valence-electron chi connectivity index (χ4n) is 2.86. The van der Waals surface area contributed by atoms with E-state index in [1.54, 1.807) is 0 Å². The van der Waals surface area contributed by atoms with Crippen LogP contribution >= 0.6 is 0 Å². The molecule has 0 aromatic carbocycles. The van der Waals surface area contributed by atoms with Crippen LogP contribution in [0.15, 0.2) is 0 Å². The zero-order valence-corrected chi connectivity index (χ0v) is 12.7. The van der Waals surface area contributed by atoms with E-state index in [0.29, 0.717) is 0 Å². The topological polar surface area (TPSA) is 18.5 Å². The Hall–Kier alpha value is -0.120. The van der Waals surface area contributed by atoms with Crippen molar-refractivity contribution in [1.29, 1.82) is 0 Å². The summed E-state index contributed by atoms with van der Waals surface area (Å²) in [7, 11) is 2.26. The molecule has 1 atom stereocenters. The molecule has 108 valence electrons. The van der Waals surface area contributed by atoms with Gasteiger partial charge in [0, 0.05) is 25.7 Å². The third kappa shape index (κ3) is 6.17. The highest BCUT2D eigenvalue weighted by Crippen LogP contribution is 2.16. The summed E-state index contributed by atoms with van der Waals surface area (Å²) in [5.41, 5.74) is 0. The Labute approximate surface area is 114 Å². The van der Waals surface area contributed by atoms with Crippen molar-refractivity contribution in [1.82, 2.24) is 15.1 Å². The molecule has 0 bridgehead atoms. The lowest BCUT2D eigenvalue weighted by Crippen LogP contribution is -2.40. The molecule has 1 aliphatic rings. The number of nitrogens with zero attached hydrogens (tertiary/aromatic N) is 2. The zero-order valence-electron chi connectivity index (χ0n) is 12.7. The molecular weight excluding hydrogens is 222 g/mol. The molecule has 3 nitrogen and oxygen atoms in total. The lowest BCUT2D eigenvalue weighted by molar-refractivity contribution is 0.199. The Kier molecular flexibility index (Phi) is 8.64. The fourth-order valence-corrected chi connectivity index (χ4v) is 2.86. The monoisotopic (exact) mass is 255 g/mol. The predicted molar refractivity (Wildman–Crippen MR) is 80.2 cm³/mol. The summed E-state index contributed by atoms with van der Waals surface area (Å²) >= 11 is 0. The van der Waals surface area contributed by atoms with Crippen molar-refractivity contribution in [2.24, 2.45) is 0 Å². The molecule has 0 aliphatic carbocycles. The maximum Gasteiger partial charge on any atom is 0.0223 e. The maximum absolute atomic E-state index is 3.55. The van der Waals surface area contributed by atoms with Crippen LogP contribution in [-0.4, -0.2) is 62.2 Å². The molecule has 1 N–H and O–H groups in total. The van der Waals surface area contributed by atoms with E-state index in [1.807, 2.05) is 0 Å². The first-order valence-corrected chi connectivity index (χ1v) is 7.91. The summed E-state index contributed by atoms with van der Waals surface area (Å²) in [6.45, 7) is 11.8. The zero-order chi connectivity index (χ0) is 13.2. The molecule has 1 heterocycles. The molecule has 3 heteroatoms. The van der Waals surface area contributed by atoms with Crippen molar-refractivity contribution in [3.8, 4) is 0 Å². The Morgan fingerprint density at radius 2 is 2.06 bits per heavy atom. The van der Waals surface area contributed by atoms with Gasteiger partial charge in [0.2, 0.25) is 0 Å². The molecule has 18 heavy (non-hydrogen) atoms. The Morgan fingerprint density at radius 3 is 2.78 bits per heavy atom. The molecule has 0 spiro atoms. The normalized spacial score (nSPS) is 21.0. The van der Waals surface area contributed by atoms with E-state index in [9.17, 15) is 0 Å². The molecule has 0 aromatic rings. The third-order valence-electron chi connectivity index (χ3n) is 4.06. The van der Waals surface area contributed by atoms with E-state index in [2.05, 4.69) is 36.0 Å². The summed E-state index contributed by atoms with van der Waals surface area (Å²) in [5.74, 6) is 0. The number of likely N-dealkylation sites (N-methyl/N-ethyl adjacent to an activating group) is 2. The fraction of sp³-hybridized carbons (Fsp3) is 1.00. The van der Waals surface area contributed by atoms with Crippen LogP contribution in [-0.2, 0) is 0 Å². The summed E-state index contributed by atoms with van der Waals surface area (Å²) < 4.78 is 0. The Morgan fingerprint density at radius 1 is 1.22 bits per heavy atom. The van der Waals surface area contributed by atoms with Gasteiger partial charge in [0.15, 0.2) is 0 Å². The van der Waals surface area contributed by atoms with Crippen LogP contribution in [0.3, 0.4) is 0 Å². The first-order chi connectivity index (χ1) is 8.77. The van der Waals surface area contributed by atoms with Gasteiger partial charge in [-0.1, -0.05) is 26.7 Å². The smallest absolute Gasteiger partial charge is 0.0223 e. The second-order valence-corrected chi connectivity index (χ2v) is 5.64. The van der Waals surface area contributed by atoms with Crippen molar-refractivity contribution >= 4 is 0 Å². The van der Waals surface area contributed by atoms with Gasteiger partial charge in [-0.05, 0) is 45.9 Å². The number of rotatable bonds is 10. The van der Waals surface area contributed by atoms with Gasteiger partial charge in [0.25, 0.3) is 0 Å². The minimum absolute atomic E-state index is 0.806.